The highest BCUT2D eigenvalue weighted by Crippen LogP contribution is 2.27. The third-order valence-corrected chi connectivity index (χ3v) is 5.48. The molecule has 0 atom stereocenters. The summed E-state index contributed by atoms with van der Waals surface area (Å²) in [6.45, 7) is 9.68. The minimum atomic E-state index is 0.657. The van der Waals surface area contributed by atoms with E-state index in [9.17, 15) is 0 Å². The van der Waals surface area contributed by atoms with Crippen molar-refractivity contribution < 1.29 is 19.3 Å². The van der Waals surface area contributed by atoms with E-state index in [2.05, 4.69) is 52.3 Å². The number of methoxy groups -OCH3 is 1. The van der Waals surface area contributed by atoms with Gasteiger partial charge in [-0.3, -0.25) is 0 Å². The minimum absolute atomic E-state index is 0.657. The highest BCUT2D eigenvalue weighted by molar-refractivity contribution is 9.10. The van der Waals surface area contributed by atoms with Crippen LogP contribution in [0.3, 0.4) is 0 Å². The van der Waals surface area contributed by atoms with Gasteiger partial charge < -0.3 is 19.3 Å². The Morgan fingerprint density at radius 1 is 0.885 bits per heavy atom. The summed E-state index contributed by atoms with van der Waals surface area (Å²) < 4.78 is 12.3. The second-order valence-corrected chi connectivity index (χ2v) is 7.82. The van der Waals surface area contributed by atoms with Crippen LogP contribution in [0, 0.1) is 0 Å². The van der Waals surface area contributed by atoms with Gasteiger partial charge in [-0.1, -0.05) is 28.1 Å². The molecule has 3 rings (SSSR count). The van der Waals surface area contributed by atoms with Gasteiger partial charge in [0, 0.05) is 15.6 Å². The van der Waals surface area contributed by atoms with E-state index in [4.69, 9.17) is 9.47 Å². The van der Waals surface area contributed by atoms with Crippen LogP contribution < -0.4 is 19.3 Å². The zero-order chi connectivity index (χ0) is 18.4. The summed E-state index contributed by atoms with van der Waals surface area (Å²) in [7, 11) is 1.69. The van der Waals surface area contributed by atoms with Gasteiger partial charge in [0.1, 0.15) is 39.3 Å². The number of piperazine rings is 1. The highest BCUT2D eigenvalue weighted by Gasteiger charge is 2.23. The van der Waals surface area contributed by atoms with Gasteiger partial charge in [0.2, 0.25) is 0 Å². The van der Waals surface area contributed by atoms with Crippen LogP contribution in [0.5, 0.6) is 11.5 Å². The molecule has 26 heavy (non-hydrogen) atoms. The summed E-state index contributed by atoms with van der Waals surface area (Å²) in [4.78, 5) is 3.33. The van der Waals surface area contributed by atoms with E-state index in [0.29, 0.717) is 6.61 Å². The number of nitrogens with one attached hydrogen (secondary N) is 2. The minimum Gasteiger partial charge on any atom is -0.493 e. The van der Waals surface area contributed by atoms with Crippen molar-refractivity contribution in [2.24, 2.45) is 0 Å². The van der Waals surface area contributed by atoms with Crippen LogP contribution in [0.15, 0.2) is 46.9 Å². The molecule has 1 saturated heterocycles. The molecule has 2 N–H and O–H groups in total. The molecule has 1 aliphatic rings. The Morgan fingerprint density at radius 3 is 2.12 bits per heavy atom. The van der Waals surface area contributed by atoms with Crippen LogP contribution in [0.4, 0.5) is 0 Å². The molecule has 5 heteroatoms. The first-order chi connectivity index (χ1) is 12.7. The molecule has 0 aliphatic carbocycles. The van der Waals surface area contributed by atoms with E-state index in [1.807, 2.05) is 13.0 Å². The number of benzene rings is 2. The van der Waals surface area contributed by atoms with Crippen LogP contribution >= 0.6 is 15.9 Å². The van der Waals surface area contributed by atoms with E-state index in [1.54, 1.807) is 16.9 Å². The molecule has 0 radical (unpaired) electrons. The van der Waals surface area contributed by atoms with E-state index in [-0.39, 0.29) is 0 Å². The quantitative estimate of drug-likeness (QED) is 0.706. The van der Waals surface area contributed by atoms with Crippen molar-refractivity contribution in [1.29, 1.82) is 0 Å². The fraction of sp³-hybridized carbons (Fsp3) is 0.429. The lowest BCUT2D eigenvalue weighted by molar-refractivity contribution is -1.02. The van der Waals surface area contributed by atoms with E-state index < -0.39 is 0 Å². The predicted octanol–water partition coefficient (Wildman–Crippen LogP) is 1.34. The van der Waals surface area contributed by atoms with Gasteiger partial charge in [0.15, 0.2) is 11.5 Å². The van der Waals surface area contributed by atoms with Crippen molar-refractivity contribution in [2.75, 3.05) is 39.9 Å². The van der Waals surface area contributed by atoms with Crippen molar-refractivity contribution in [3.8, 4) is 11.5 Å². The summed E-state index contributed by atoms with van der Waals surface area (Å²) in [6.07, 6.45) is 0. The zero-order valence-corrected chi connectivity index (χ0v) is 17.3. The van der Waals surface area contributed by atoms with Gasteiger partial charge in [0.25, 0.3) is 0 Å². The standard InChI is InChI=1S/C21H27BrN2O2/c1-3-26-21-14-18(7-8-20(21)25-2)16-24-11-9-23(10-12-24)15-17-5-4-6-19(22)13-17/h4-8,13-14H,3,9-12,15-16H2,1-2H3/p+2. The van der Waals surface area contributed by atoms with Crippen molar-refractivity contribution >= 4 is 15.9 Å². The number of hydrogen-bond acceptors (Lipinski definition) is 2. The molecular weight excluding hydrogens is 392 g/mol. The lowest BCUT2D eigenvalue weighted by Gasteiger charge is -2.30. The lowest BCUT2D eigenvalue weighted by atomic mass is 10.1. The first-order valence-corrected chi connectivity index (χ1v) is 10.2. The molecule has 0 saturated carbocycles. The largest absolute Gasteiger partial charge is 0.493 e. The lowest BCUT2D eigenvalue weighted by Crippen LogP contribution is -3.27. The van der Waals surface area contributed by atoms with E-state index in [1.165, 1.54) is 41.8 Å². The van der Waals surface area contributed by atoms with Crippen LogP contribution in [0.25, 0.3) is 0 Å². The molecule has 2 aromatic rings. The Morgan fingerprint density at radius 2 is 1.54 bits per heavy atom. The fourth-order valence-electron chi connectivity index (χ4n) is 3.63. The normalized spacial score (nSPS) is 20.0. The molecular formula is C21H29BrN2O2+2. The molecule has 1 aliphatic heterocycles. The summed E-state index contributed by atoms with van der Waals surface area (Å²) >= 11 is 3.57. The monoisotopic (exact) mass is 420 g/mol. The first-order valence-electron chi connectivity index (χ1n) is 9.39. The summed E-state index contributed by atoms with van der Waals surface area (Å²) in [5.41, 5.74) is 2.73. The average Bonchev–Trinajstić information content (AvgIpc) is 2.64. The smallest absolute Gasteiger partial charge is 0.161 e. The summed E-state index contributed by atoms with van der Waals surface area (Å²) in [5, 5.41) is 0. The van der Waals surface area contributed by atoms with Crippen molar-refractivity contribution in [3.63, 3.8) is 0 Å². The van der Waals surface area contributed by atoms with E-state index >= 15 is 0 Å². The van der Waals surface area contributed by atoms with Crippen LogP contribution in [-0.2, 0) is 13.1 Å². The molecule has 2 aromatic carbocycles. The van der Waals surface area contributed by atoms with Crippen molar-refractivity contribution in [1.82, 2.24) is 0 Å². The molecule has 1 heterocycles. The topological polar surface area (TPSA) is 27.3 Å². The summed E-state index contributed by atoms with van der Waals surface area (Å²) in [5.74, 6) is 1.67. The second-order valence-electron chi connectivity index (χ2n) is 6.90. The van der Waals surface area contributed by atoms with Gasteiger partial charge in [-0.15, -0.1) is 0 Å². The van der Waals surface area contributed by atoms with Crippen LogP contribution in [-0.4, -0.2) is 39.9 Å². The number of rotatable bonds is 7. The van der Waals surface area contributed by atoms with Gasteiger partial charge in [-0.25, -0.2) is 0 Å². The van der Waals surface area contributed by atoms with Crippen LogP contribution in [0.1, 0.15) is 18.1 Å². The first kappa shape index (κ1) is 19.2. The number of halogens is 1. The Bertz CT molecular complexity index is 715. The Hall–Kier alpha value is -1.56. The third-order valence-electron chi connectivity index (χ3n) is 4.99. The summed E-state index contributed by atoms with van der Waals surface area (Å²) in [6, 6.07) is 15.0. The molecule has 4 nitrogen and oxygen atoms in total. The Labute approximate surface area is 164 Å². The Kier molecular flexibility index (Phi) is 6.94. The molecule has 0 aromatic heterocycles. The van der Waals surface area contributed by atoms with Crippen LogP contribution in [0.2, 0.25) is 0 Å². The average molecular weight is 421 g/mol. The maximum absolute atomic E-state index is 5.71. The molecule has 0 spiro atoms. The van der Waals surface area contributed by atoms with Crippen molar-refractivity contribution in [3.05, 3.63) is 58.1 Å². The fourth-order valence-corrected chi connectivity index (χ4v) is 4.08. The second kappa shape index (κ2) is 9.40. The Balaban J connectivity index is 1.53. The third kappa shape index (κ3) is 5.22. The number of quaternary nitrogens is 2. The van der Waals surface area contributed by atoms with Gasteiger partial charge in [0.05, 0.1) is 13.7 Å². The molecule has 0 bridgehead atoms. The van der Waals surface area contributed by atoms with Gasteiger partial charge >= 0.3 is 0 Å². The van der Waals surface area contributed by atoms with Gasteiger partial charge in [-0.05, 0) is 37.3 Å². The number of ether oxygens (including phenoxy) is 2. The van der Waals surface area contributed by atoms with Gasteiger partial charge in [-0.2, -0.15) is 0 Å². The number of hydrogen-bond donors (Lipinski definition) is 2. The molecule has 0 unspecified atom stereocenters. The SMILES string of the molecule is CCOc1cc(C[NH+]2CC[NH+](Cc3cccc(Br)c3)CC2)ccc1OC. The zero-order valence-electron chi connectivity index (χ0n) is 15.7. The van der Waals surface area contributed by atoms with Crippen molar-refractivity contribution in [2.45, 2.75) is 20.0 Å². The maximum atomic E-state index is 5.71. The maximum Gasteiger partial charge on any atom is 0.161 e. The van der Waals surface area contributed by atoms with E-state index in [0.717, 1.165) is 24.6 Å². The molecule has 140 valence electrons. The molecule has 0 amide bonds. The highest BCUT2D eigenvalue weighted by atomic mass is 79.9. The predicted molar refractivity (Wildman–Crippen MR) is 107 cm³/mol. The molecule has 1 fully saturated rings.